The summed E-state index contributed by atoms with van der Waals surface area (Å²) in [6.07, 6.45) is 2.87. The molecule has 3 heterocycles. The highest BCUT2D eigenvalue weighted by molar-refractivity contribution is 6.42. The quantitative estimate of drug-likeness (QED) is 0.265. The Bertz CT molecular complexity index is 1680. The number of hydrogen-bond acceptors (Lipinski definition) is 7. The van der Waals surface area contributed by atoms with Crippen LogP contribution in [0.25, 0.3) is 11.4 Å². The number of piperidine rings is 1. The summed E-state index contributed by atoms with van der Waals surface area (Å²) in [5, 5.41) is 15.2. The molecular weight excluding hydrogens is 613 g/mol. The molecule has 0 aliphatic carbocycles. The van der Waals surface area contributed by atoms with Crippen LogP contribution in [0.15, 0.2) is 66.7 Å². The number of aromatic nitrogens is 4. The zero-order chi connectivity index (χ0) is 31.6. The third kappa shape index (κ3) is 6.02. The molecule has 0 radical (unpaired) electrons. The Kier molecular flexibility index (Phi) is 8.81. The molecule has 0 spiro atoms. The molecule has 0 bridgehead atoms. The first-order chi connectivity index (χ1) is 21.7. The van der Waals surface area contributed by atoms with Crippen molar-refractivity contribution in [2.45, 2.75) is 36.5 Å². The minimum absolute atomic E-state index is 0.133. The largest absolute Gasteiger partial charge is 0.496 e. The van der Waals surface area contributed by atoms with Gasteiger partial charge in [0.1, 0.15) is 5.75 Å². The summed E-state index contributed by atoms with van der Waals surface area (Å²) >= 11 is 12.8. The standard InChI is InChI=1S/C33H35Cl2N7O3/c1-45-28-10-7-22(29-37-39-40-38-29)19-25(28)30(43)42-18-12-32(21-42,24-8-9-26(34)27(35)20-24)11-15-41-16-13-33(14-17-41,31(36)44)23-5-3-2-4-6-23/h2-10,19-20H,11-18,21H2,1H3,(H2,36,44)(H,37,38,39,40)/t32-/m0/s1. The molecule has 2 aliphatic rings. The van der Waals surface area contributed by atoms with Gasteiger partial charge in [0.15, 0.2) is 0 Å². The lowest BCUT2D eigenvalue weighted by Crippen LogP contribution is -2.50. The van der Waals surface area contributed by atoms with E-state index in [0.29, 0.717) is 58.7 Å². The van der Waals surface area contributed by atoms with Gasteiger partial charge in [-0.25, -0.2) is 0 Å². The number of nitrogens with zero attached hydrogens (tertiary/aromatic N) is 5. The molecule has 2 saturated heterocycles. The maximum Gasteiger partial charge on any atom is 0.257 e. The van der Waals surface area contributed by atoms with E-state index in [1.165, 1.54) is 0 Å². The van der Waals surface area contributed by atoms with Crippen LogP contribution in [0.3, 0.4) is 0 Å². The van der Waals surface area contributed by atoms with E-state index in [1.807, 2.05) is 53.4 Å². The highest BCUT2D eigenvalue weighted by Crippen LogP contribution is 2.42. The zero-order valence-corrected chi connectivity index (χ0v) is 26.5. The second-order valence-electron chi connectivity index (χ2n) is 11.9. The number of nitrogens with one attached hydrogen (secondary N) is 1. The van der Waals surface area contributed by atoms with E-state index in [0.717, 1.165) is 43.6 Å². The number of halogens is 2. The molecule has 2 aliphatic heterocycles. The van der Waals surface area contributed by atoms with Crippen molar-refractivity contribution in [3.8, 4) is 17.1 Å². The molecule has 45 heavy (non-hydrogen) atoms. The highest BCUT2D eigenvalue weighted by atomic mass is 35.5. The summed E-state index contributed by atoms with van der Waals surface area (Å²) in [7, 11) is 1.55. The maximum absolute atomic E-state index is 14.0. The number of amides is 2. The molecule has 10 nitrogen and oxygen atoms in total. The summed E-state index contributed by atoms with van der Waals surface area (Å²) in [6.45, 7) is 3.36. The highest BCUT2D eigenvalue weighted by Gasteiger charge is 2.44. The van der Waals surface area contributed by atoms with Crippen molar-refractivity contribution in [3.63, 3.8) is 0 Å². The topological polar surface area (TPSA) is 130 Å². The first kappa shape index (κ1) is 31.0. The van der Waals surface area contributed by atoms with E-state index in [1.54, 1.807) is 25.3 Å². The second kappa shape index (κ2) is 12.8. The molecule has 0 unspecified atom stereocenters. The van der Waals surface area contributed by atoms with Crippen molar-refractivity contribution in [2.24, 2.45) is 5.73 Å². The Morgan fingerprint density at radius 1 is 0.956 bits per heavy atom. The molecule has 2 fully saturated rings. The number of primary amides is 1. The van der Waals surface area contributed by atoms with Crippen LogP contribution in [0.4, 0.5) is 0 Å². The van der Waals surface area contributed by atoms with E-state index in [2.05, 4.69) is 25.5 Å². The number of ether oxygens (including phenoxy) is 1. The van der Waals surface area contributed by atoms with Gasteiger partial charge in [0.2, 0.25) is 11.7 Å². The van der Waals surface area contributed by atoms with E-state index >= 15 is 0 Å². The molecule has 12 heteroatoms. The first-order valence-electron chi connectivity index (χ1n) is 15.0. The van der Waals surface area contributed by atoms with Gasteiger partial charge >= 0.3 is 0 Å². The average Bonchev–Trinajstić information content (AvgIpc) is 3.77. The summed E-state index contributed by atoms with van der Waals surface area (Å²) < 4.78 is 5.57. The molecule has 3 aromatic carbocycles. The van der Waals surface area contributed by atoms with E-state index < -0.39 is 5.41 Å². The summed E-state index contributed by atoms with van der Waals surface area (Å²) in [4.78, 5) is 31.0. The van der Waals surface area contributed by atoms with Crippen molar-refractivity contribution < 1.29 is 14.3 Å². The lowest BCUT2D eigenvalue weighted by molar-refractivity contribution is -0.125. The zero-order valence-electron chi connectivity index (χ0n) is 25.0. The Morgan fingerprint density at radius 2 is 1.73 bits per heavy atom. The van der Waals surface area contributed by atoms with Gasteiger partial charge in [0, 0.05) is 24.1 Å². The fourth-order valence-electron chi connectivity index (χ4n) is 6.89. The molecular formula is C33H35Cl2N7O3. The lowest BCUT2D eigenvalue weighted by Gasteiger charge is -2.41. The Labute approximate surface area is 271 Å². The average molecular weight is 649 g/mol. The molecule has 234 valence electrons. The van der Waals surface area contributed by atoms with Gasteiger partial charge in [-0.2, -0.15) is 5.21 Å². The fraction of sp³-hybridized carbons (Fsp3) is 0.364. The number of hydrogen-bond donors (Lipinski definition) is 2. The molecule has 6 rings (SSSR count). The Balaban J connectivity index is 1.23. The second-order valence-corrected chi connectivity index (χ2v) is 12.8. The molecule has 3 N–H and O–H groups in total. The van der Waals surface area contributed by atoms with Crippen LogP contribution in [0, 0.1) is 0 Å². The van der Waals surface area contributed by atoms with Crippen LogP contribution >= 0.6 is 23.2 Å². The molecule has 2 amide bonds. The van der Waals surface area contributed by atoms with Crippen molar-refractivity contribution in [3.05, 3.63) is 93.5 Å². The van der Waals surface area contributed by atoms with E-state index in [4.69, 9.17) is 33.7 Å². The monoisotopic (exact) mass is 647 g/mol. The van der Waals surface area contributed by atoms with Gasteiger partial charge in [0.05, 0.1) is 28.1 Å². The van der Waals surface area contributed by atoms with Crippen molar-refractivity contribution in [1.29, 1.82) is 0 Å². The maximum atomic E-state index is 14.0. The summed E-state index contributed by atoms with van der Waals surface area (Å²) in [5.41, 5.74) is 8.10. The van der Waals surface area contributed by atoms with Crippen LogP contribution in [0.1, 0.15) is 47.2 Å². The van der Waals surface area contributed by atoms with Crippen molar-refractivity contribution in [1.82, 2.24) is 30.4 Å². The van der Waals surface area contributed by atoms with Gasteiger partial charge in [-0.1, -0.05) is 59.6 Å². The molecule has 0 saturated carbocycles. The van der Waals surface area contributed by atoms with Crippen LogP contribution in [0.2, 0.25) is 10.0 Å². The van der Waals surface area contributed by atoms with Gasteiger partial charge in [0.25, 0.3) is 5.91 Å². The predicted octanol–water partition coefficient (Wildman–Crippen LogP) is 4.88. The number of H-pyrrole nitrogens is 1. The fourth-order valence-corrected chi connectivity index (χ4v) is 7.19. The van der Waals surface area contributed by atoms with E-state index in [9.17, 15) is 9.59 Å². The van der Waals surface area contributed by atoms with Gasteiger partial charge < -0.3 is 20.3 Å². The number of methoxy groups -OCH3 is 1. The first-order valence-corrected chi connectivity index (χ1v) is 15.7. The smallest absolute Gasteiger partial charge is 0.257 e. The van der Waals surface area contributed by atoms with Gasteiger partial charge in [-0.3, -0.25) is 9.59 Å². The number of tetrazole rings is 1. The van der Waals surface area contributed by atoms with Crippen LogP contribution in [0.5, 0.6) is 5.75 Å². The predicted molar refractivity (Wildman–Crippen MR) is 172 cm³/mol. The summed E-state index contributed by atoms with van der Waals surface area (Å²) in [6, 6.07) is 20.9. The normalized spacial score (nSPS) is 19.8. The van der Waals surface area contributed by atoms with Gasteiger partial charge in [-0.05, 0) is 92.0 Å². The number of aromatic amines is 1. The Morgan fingerprint density at radius 3 is 2.40 bits per heavy atom. The number of rotatable bonds is 9. The summed E-state index contributed by atoms with van der Waals surface area (Å²) in [5.74, 6) is 0.465. The van der Waals surface area contributed by atoms with Crippen molar-refractivity contribution >= 4 is 35.0 Å². The third-order valence-electron chi connectivity index (χ3n) is 9.62. The number of benzene rings is 3. The number of nitrogens with two attached hydrogens (primary N) is 1. The van der Waals surface area contributed by atoms with Gasteiger partial charge in [-0.15, -0.1) is 10.2 Å². The Hall–Kier alpha value is -3.99. The SMILES string of the molecule is COc1ccc(-c2nn[nH]n2)cc1C(=O)N1CC[C@](CCN2CCC(C(N)=O)(c3ccccc3)CC2)(c2ccc(Cl)c(Cl)c2)C1. The van der Waals surface area contributed by atoms with E-state index in [-0.39, 0.29) is 17.2 Å². The van der Waals surface area contributed by atoms with Crippen LogP contribution < -0.4 is 10.5 Å². The third-order valence-corrected chi connectivity index (χ3v) is 10.4. The minimum Gasteiger partial charge on any atom is -0.496 e. The molecule has 1 atom stereocenters. The van der Waals surface area contributed by atoms with Crippen LogP contribution in [-0.4, -0.2) is 82.1 Å². The number of carbonyl (C=O) groups excluding carboxylic acids is 2. The minimum atomic E-state index is -0.662. The van der Waals surface area contributed by atoms with Crippen molar-refractivity contribution in [2.75, 3.05) is 39.8 Å². The lowest BCUT2D eigenvalue weighted by atomic mass is 9.71. The number of carbonyl (C=O) groups is 2. The number of likely N-dealkylation sites (tertiary alicyclic amines) is 2. The molecule has 1 aromatic heterocycles. The van der Waals surface area contributed by atoms with Crippen LogP contribution in [-0.2, 0) is 15.6 Å². The molecule has 4 aromatic rings.